The maximum atomic E-state index is 10.6. The average molecular weight is 182 g/mol. The second kappa shape index (κ2) is 7.82. The maximum absolute atomic E-state index is 10.6. The van der Waals surface area contributed by atoms with Gasteiger partial charge in [-0.05, 0) is 12.8 Å². The third kappa shape index (κ3) is 7.62. The number of carbonyl (C=O) groups is 1. The van der Waals surface area contributed by atoms with E-state index in [1.165, 1.54) is 7.11 Å². The van der Waals surface area contributed by atoms with Crippen molar-refractivity contribution in [3.63, 3.8) is 0 Å². The van der Waals surface area contributed by atoms with Gasteiger partial charge >= 0.3 is 5.97 Å². The van der Waals surface area contributed by atoms with E-state index in [9.17, 15) is 4.79 Å². The number of methoxy groups -OCH3 is 1. The molecule has 0 saturated heterocycles. The molecular formula is C7H16ClNO2. The highest BCUT2D eigenvalue weighted by Gasteiger charge is 2.03. The van der Waals surface area contributed by atoms with Gasteiger partial charge in [-0.2, -0.15) is 0 Å². The molecule has 0 aliphatic rings. The van der Waals surface area contributed by atoms with E-state index in [1.54, 1.807) is 0 Å². The van der Waals surface area contributed by atoms with Crippen molar-refractivity contribution >= 4 is 18.4 Å². The highest BCUT2D eigenvalue weighted by atomic mass is 35.5. The van der Waals surface area contributed by atoms with Crippen molar-refractivity contribution in [2.45, 2.75) is 32.2 Å². The average Bonchev–Trinajstić information content (AvgIpc) is 1.99. The van der Waals surface area contributed by atoms with Crippen LogP contribution >= 0.6 is 12.4 Å². The molecule has 0 rings (SSSR count). The highest BCUT2D eigenvalue weighted by molar-refractivity contribution is 5.85. The van der Waals surface area contributed by atoms with Gasteiger partial charge in [0.15, 0.2) is 0 Å². The van der Waals surface area contributed by atoms with Crippen LogP contribution in [0.3, 0.4) is 0 Å². The van der Waals surface area contributed by atoms with E-state index in [2.05, 4.69) is 4.74 Å². The Bertz CT molecular complexity index is 109. The van der Waals surface area contributed by atoms with Gasteiger partial charge in [0.1, 0.15) is 0 Å². The van der Waals surface area contributed by atoms with Gasteiger partial charge in [-0.3, -0.25) is 4.79 Å². The summed E-state index contributed by atoms with van der Waals surface area (Å²) >= 11 is 0. The summed E-state index contributed by atoms with van der Waals surface area (Å²) in [5, 5.41) is 0. The number of halogens is 1. The zero-order valence-electron chi connectivity index (χ0n) is 7.00. The van der Waals surface area contributed by atoms with E-state index in [0.29, 0.717) is 6.42 Å². The van der Waals surface area contributed by atoms with Crippen molar-refractivity contribution in [2.24, 2.45) is 5.73 Å². The molecule has 0 aromatic heterocycles. The molecule has 4 heteroatoms. The maximum Gasteiger partial charge on any atom is 0.305 e. The minimum absolute atomic E-state index is 0. The molecule has 11 heavy (non-hydrogen) atoms. The van der Waals surface area contributed by atoms with Crippen LogP contribution in [0.5, 0.6) is 0 Å². The molecular weight excluding hydrogens is 166 g/mol. The molecule has 0 bridgehead atoms. The molecule has 68 valence electrons. The fourth-order valence-corrected chi connectivity index (χ4v) is 0.609. The van der Waals surface area contributed by atoms with E-state index >= 15 is 0 Å². The minimum atomic E-state index is -0.177. The Hall–Kier alpha value is -0.280. The lowest BCUT2D eigenvalue weighted by Crippen LogP contribution is -2.19. The van der Waals surface area contributed by atoms with Crippen LogP contribution in [0.1, 0.15) is 26.2 Å². The Balaban J connectivity index is 0. The van der Waals surface area contributed by atoms with Gasteiger partial charge in [0.05, 0.1) is 7.11 Å². The summed E-state index contributed by atoms with van der Waals surface area (Å²) in [5.74, 6) is -0.177. The van der Waals surface area contributed by atoms with E-state index in [4.69, 9.17) is 5.73 Å². The molecule has 2 N–H and O–H groups in total. The van der Waals surface area contributed by atoms with Gasteiger partial charge in [0, 0.05) is 12.5 Å². The monoisotopic (exact) mass is 181 g/mol. The number of hydrogen-bond donors (Lipinski definition) is 1. The highest BCUT2D eigenvalue weighted by Crippen LogP contribution is 1.98. The largest absolute Gasteiger partial charge is 0.469 e. The minimum Gasteiger partial charge on any atom is -0.469 e. The molecule has 0 aliphatic carbocycles. The van der Waals surface area contributed by atoms with Crippen LogP contribution in [0.2, 0.25) is 0 Å². The normalized spacial score (nSPS) is 11.5. The number of rotatable bonds is 4. The zero-order chi connectivity index (χ0) is 7.98. The standard InChI is InChI=1S/C7H15NO2.ClH/c1-3-6(8)4-5-7(9)10-2;/h6H,3-5,8H2,1-2H3;1H/t6-;/m0./s1. The first-order chi connectivity index (χ1) is 4.70. The first-order valence-electron chi connectivity index (χ1n) is 3.53. The summed E-state index contributed by atoms with van der Waals surface area (Å²) in [5.41, 5.74) is 5.57. The molecule has 0 aromatic rings. The second-order valence-corrected chi connectivity index (χ2v) is 2.28. The molecule has 1 atom stereocenters. The van der Waals surface area contributed by atoms with Crippen LogP contribution in [0, 0.1) is 0 Å². The number of ether oxygens (including phenoxy) is 1. The van der Waals surface area contributed by atoms with Crippen molar-refractivity contribution in [3.05, 3.63) is 0 Å². The number of nitrogens with two attached hydrogens (primary N) is 1. The molecule has 0 unspecified atom stereocenters. The third-order valence-corrected chi connectivity index (χ3v) is 1.47. The number of carbonyl (C=O) groups excluding carboxylic acids is 1. The first kappa shape index (κ1) is 13.3. The van der Waals surface area contributed by atoms with Crippen LogP contribution in [-0.4, -0.2) is 19.1 Å². The molecule has 0 radical (unpaired) electrons. The molecule has 0 spiro atoms. The smallest absolute Gasteiger partial charge is 0.305 e. The van der Waals surface area contributed by atoms with Crippen LogP contribution in [0.4, 0.5) is 0 Å². The summed E-state index contributed by atoms with van der Waals surface area (Å²) in [6.07, 6.45) is 2.08. The summed E-state index contributed by atoms with van der Waals surface area (Å²) < 4.78 is 4.45. The zero-order valence-corrected chi connectivity index (χ0v) is 7.82. The fraction of sp³-hybridized carbons (Fsp3) is 0.857. The molecule has 0 aromatic carbocycles. The van der Waals surface area contributed by atoms with Crippen molar-refractivity contribution < 1.29 is 9.53 Å². The van der Waals surface area contributed by atoms with E-state index < -0.39 is 0 Å². The Morgan fingerprint density at radius 2 is 2.18 bits per heavy atom. The Labute approximate surface area is 73.7 Å². The molecule has 0 saturated carbocycles. The predicted octanol–water partition coefficient (Wildman–Crippen LogP) is 1.10. The van der Waals surface area contributed by atoms with E-state index in [0.717, 1.165) is 12.8 Å². The molecule has 0 aliphatic heterocycles. The number of hydrogen-bond acceptors (Lipinski definition) is 3. The Morgan fingerprint density at radius 1 is 1.64 bits per heavy atom. The first-order valence-corrected chi connectivity index (χ1v) is 3.53. The Kier molecular flexibility index (Phi) is 9.47. The van der Waals surface area contributed by atoms with Crippen LogP contribution < -0.4 is 5.73 Å². The van der Waals surface area contributed by atoms with Crippen molar-refractivity contribution in [1.82, 2.24) is 0 Å². The fourth-order valence-electron chi connectivity index (χ4n) is 0.609. The van der Waals surface area contributed by atoms with Gasteiger partial charge in [-0.1, -0.05) is 6.92 Å². The molecule has 3 nitrogen and oxygen atoms in total. The lowest BCUT2D eigenvalue weighted by atomic mass is 10.1. The second-order valence-electron chi connectivity index (χ2n) is 2.28. The van der Waals surface area contributed by atoms with E-state index in [1.807, 2.05) is 6.92 Å². The van der Waals surface area contributed by atoms with Crippen LogP contribution in [0.25, 0.3) is 0 Å². The lowest BCUT2D eigenvalue weighted by Gasteiger charge is -2.05. The van der Waals surface area contributed by atoms with Gasteiger partial charge in [0.25, 0.3) is 0 Å². The van der Waals surface area contributed by atoms with Crippen LogP contribution in [-0.2, 0) is 9.53 Å². The topological polar surface area (TPSA) is 52.3 Å². The molecule has 0 heterocycles. The third-order valence-electron chi connectivity index (χ3n) is 1.47. The quantitative estimate of drug-likeness (QED) is 0.661. The molecule has 0 fully saturated rings. The predicted molar refractivity (Wildman–Crippen MR) is 46.8 cm³/mol. The SMILES string of the molecule is CC[C@H](N)CCC(=O)OC.Cl. The summed E-state index contributed by atoms with van der Waals surface area (Å²) in [4.78, 5) is 10.6. The summed E-state index contributed by atoms with van der Waals surface area (Å²) in [6.45, 7) is 2.00. The van der Waals surface area contributed by atoms with Gasteiger partial charge in [0.2, 0.25) is 0 Å². The number of esters is 1. The van der Waals surface area contributed by atoms with Crippen molar-refractivity contribution in [2.75, 3.05) is 7.11 Å². The van der Waals surface area contributed by atoms with E-state index in [-0.39, 0.29) is 24.4 Å². The molecule has 0 amide bonds. The van der Waals surface area contributed by atoms with Gasteiger partial charge in [-0.15, -0.1) is 12.4 Å². The van der Waals surface area contributed by atoms with Crippen LogP contribution in [0.15, 0.2) is 0 Å². The summed E-state index contributed by atoms with van der Waals surface area (Å²) in [7, 11) is 1.39. The van der Waals surface area contributed by atoms with Crippen molar-refractivity contribution in [1.29, 1.82) is 0 Å². The van der Waals surface area contributed by atoms with Crippen molar-refractivity contribution in [3.8, 4) is 0 Å². The van der Waals surface area contributed by atoms with Gasteiger partial charge < -0.3 is 10.5 Å². The lowest BCUT2D eigenvalue weighted by molar-refractivity contribution is -0.140. The summed E-state index contributed by atoms with van der Waals surface area (Å²) in [6, 6.07) is 0.138. The van der Waals surface area contributed by atoms with Gasteiger partial charge in [-0.25, -0.2) is 0 Å². The Morgan fingerprint density at radius 3 is 2.55 bits per heavy atom.